The number of hydrogen-bond donors (Lipinski definition) is 2. The van der Waals surface area contributed by atoms with Gasteiger partial charge in [-0.2, -0.15) is 0 Å². The standard InChI is InChI=1S/C17H22N2O2/c1-4-12(2)17(3,21)11-19-16(20)14-7-5-9-15-13(14)8-6-10-18-15/h5-10,12,21H,4,11H2,1-3H3,(H,19,20). The molecule has 0 radical (unpaired) electrons. The van der Waals surface area contributed by atoms with Crippen molar-refractivity contribution in [3.8, 4) is 0 Å². The van der Waals surface area contributed by atoms with Gasteiger partial charge in [0.25, 0.3) is 5.91 Å². The number of rotatable bonds is 5. The van der Waals surface area contributed by atoms with E-state index in [1.165, 1.54) is 0 Å². The highest BCUT2D eigenvalue weighted by atomic mass is 16.3. The van der Waals surface area contributed by atoms with Crippen LogP contribution in [0.5, 0.6) is 0 Å². The van der Waals surface area contributed by atoms with Crippen LogP contribution in [0.3, 0.4) is 0 Å². The molecule has 2 unspecified atom stereocenters. The fourth-order valence-electron chi connectivity index (χ4n) is 2.27. The lowest BCUT2D eigenvalue weighted by atomic mass is 9.88. The zero-order valence-electron chi connectivity index (χ0n) is 12.8. The maximum atomic E-state index is 12.4. The first-order valence-electron chi connectivity index (χ1n) is 7.30. The third-order valence-corrected chi connectivity index (χ3v) is 4.17. The second-order valence-electron chi connectivity index (χ2n) is 5.72. The summed E-state index contributed by atoms with van der Waals surface area (Å²) in [5.74, 6) is -0.0656. The lowest BCUT2D eigenvalue weighted by Gasteiger charge is -2.29. The molecule has 2 aromatic rings. The molecule has 0 aliphatic rings. The number of pyridine rings is 1. The van der Waals surface area contributed by atoms with Gasteiger partial charge in [0.15, 0.2) is 0 Å². The first kappa shape index (κ1) is 15.4. The number of hydrogen-bond acceptors (Lipinski definition) is 3. The average molecular weight is 286 g/mol. The van der Waals surface area contributed by atoms with Crippen LogP contribution in [0.2, 0.25) is 0 Å². The van der Waals surface area contributed by atoms with Gasteiger partial charge in [0.05, 0.1) is 11.1 Å². The smallest absolute Gasteiger partial charge is 0.252 e. The summed E-state index contributed by atoms with van der Waals surface area (Å²) < 4.78 is 0. The average Bonchev–Trinajstić information content (AvgIpc) is 2.51. The van der Waals surface area contributed by atoms with Crippen LogP contribution >= 0.6 is 0 Å². The molecule has 1 amide bonds. The monoisotopic (exact) mass is 286 g/mol. The van der Waals surface area contributed by atoms with Gasteiger partial charge in [0, 0.05) is 23.7 Å². The minimum atomic E-state index is -0.909. The van der Waals surface area contributed by atoms with Crippen LogP contribution in [-0.4, -0.2) is 28.1 Å². The Morgan fingerprint density at radius 3 is 2.86 bits per heavy atom. The van der Waals surface area contributed by atoms with Gasteiger partial charge in [-0.25, -0.2) is 0 Å². The van der Waals surface area contributed by atoms with Crippen molar-refractivity contribution in [2.24, 2.45) is 5.92 Å². The molecular formula is C17H22N2O2. The summed E-state index contributed by atoms with van der Waals surface area (Å²) in [6.45, 7) is 5.99. The van der Waals surface area contributed by atoms with Crippen LogP contribution in [0.25, 0.3) is 10.9 Å². The maximum absolute atomic E-state index is 12.4. The number of aliphatic hydroxyl groups is 1. The summed E-state index contributed by atoms with van der Waals surface area (Å²) in [5, 5.41) is 14.0. The molecule has 1 aromatic heterocycles. The second kappa shape index (κ2) is 6.22. The highest BCUT2D eigenvalue weighted by Gasteiger charge is 2.27. The third kappa shape index (κ3) is 3.39. The summed E-state index contributed by atoms with van der Waals surface area (Å²) in [6.07, 6.45) is 2.57. The van der Waals surface area contributed by atoms with Crippen LogP contribution in [0.4, 0.5) is 0 Å². The Balaban J connectivity index is 2.17. The van der Waals surface area contributed by atoms with Crippen molar-refractivity contribution in [1.82, 2.24) is 10.3 Å². The van der Waals surface area contributed by atoms with E-state index in [1.807, 2.05) is 38.1 Å². The van der Waals surface area contributed by atoms with Crippen molar-refractivity contribution >= 4 is 16.8 Å². The Labute approximate surface area is 125 Å². The summed E-state index contributed by atoms with van der Waals surface area (Å²) in [4.78, 5) is 16.6. The van der Waals surface area contributed by atoms with Gasteiger partial charge in [-0.15, -0.1) is 0 Å². The number of carbonyl (C=O) groups is 1. The zero-order chi connectivity index (χ0) is 15.5. The van der Waals surface area contributed by atoms with Gasteiger partial charge in [-0.1, -0.05) is 32.4 Å². The number of carbonyl (C=O) groups excluding carboxylic acids is 1. The van der Waals surface area contributed by atoms with E-state index in [9.17, 15) is 9.90 Å². The molecule has 4 nitrogen and oxygen atoms in total. The van der Waals surface area contributed by atoms with Gasteiger partial charge < -0.3 is 10.4 Å². The second-order valence-corrected chi connectivity index (χ2v) is 5.72. The summed E-state index contributed by atoms with van der Waals surface area (Å²) in [6, 6.07) is 9.16. The summed E-state index contributed by atoms with van der Waals surface area (Å²) in [5.41, 5.74) is 0.465. The van der Waals surface area contributed by atoms with Crippen LogP contribution in [-0.2, 0) is 0 Å². The fraction of sp³-hybridized carbons (Fsp3) is 0.412. The Hall–Kier alpha value is -1.94. The lowest BCUT2D eigenvalue weighted by molar-refractivity contribution is 0.00594. The van der Waals surface area contributed by atoms with E-state index in [4.69, 9.17) is 0 Å². The van der Waals surface area contributed by atoms with Crippen molar-refractivity contribution in [2.75, 3.05) is 6.54 Å². The molecule has 112 valence electrons. The normalized spacial score (nSPS) is 15.4. The molecule has 0 aliphatic carbocycles. The molecule has 0 spiro atoms. The van der Waals surface area contributed by atoms with Crippen molar-refractivity contribution in [1.29, 1.82) is 0 Å². The molecule has 0 bridgehead atoms. The molecular weight excluding hydrogens is 264 g/mol. The summed E-state index contributed by atoms with van der Waals surface area (Å²) in [7, 11) is 0. The number of fused-ring (bicyclic) bond motifs is 1. The fourth-order valence-corrected chi connectivity index (χ4v) is 2.27. The van der Waals surface area contributed by atoms with Gasteiger partial charge in [0.1, 0.15) is 0 Å². The van der Waals surface area contributed by atoms with Crippen molar-refractivity contribution in [3.63, 3.8) is 0 Å². The van der Waals surface area contributed by atoms with Gasteiger partial charge in [0.2, 0.25) is 0 Å². The molecule has 4 heteroatoms. The molecule has 0 saturated carbocycles. The van der Waals surface area contributed by atoms with E-state index in [0.29, 0.717) is 5.56 Å². The third-order valence-electron chi connectivity index (χ3n) is 4.17. The number of amides is 1. The van der Waals surface area contributed by atoms with E-state index in [0.717, 1.165) is 17.3 Å². The molecule has 0 saturated heterocycles. The van der Waals surface area contributed by atoms with E-state index >= 15 is 0 Å². The number of benzene rings is 1. The number of nitrogens with zero attached hydrogens (tertiary/aromatic N) is 1. The minimum Gasteiger partial charge on any atom is -0.388 e. The first-order chi connectivity index (χ1) is 9.95. The molecule has 2 atom stereocenters. The van der Waals surface area contributed by atoms with Gasteiger partial charge >= 0.3 is 0 Å². The number of nitrogens with one attached hydrogen (secondary N) is 1. The van der Waals surface area contributed by atoms with Crippen molar-refractivity contribution in [2.45, 2.75) is 32.8 Å². The van der Waals surface area contributed by atoms with E-state index in [2.05, 4.69) is 10.3 Å². The lowest BCUT2D eigenvalue weighted by Crippen LogP contribution is -2.45. The molecule has 2 N–H and O–H groups in total. The zero-order valence-corrected chi connectivity index (χ0v) is 12.8. The largest absolute Gasteiger partial charge is 0.388 e. The molecule has 2 rings (SSSR count). The number of aromatic nitrogens is 1. The molecule has 1 aromatic carbocycles. The highest BCUT2D eigenvalue weighted by Crippen LogP contribution is 2.20. The molecule has 21 heavy (non-hydrogen) atoms. The van der Waals surface area contributed by atoms with Crippen LogP contribution in [0, 0.1) is 5.92 Å². The van der Waals surface area contributed by atoms with Crippen LogP contribution in [0.1, 0.15) is 37.6 Å². The quantitative estimate of drug-likeness (QED) is 0.888. The van der Waals surface area contributed by atoms with Gasteiger partial charge in [-0.05, 0) is 31.0 Å². The van der Waals surface area contributed by atoms with Crippen molar-refractivity contribution in [3.05, 3.63) is 42.1 Å². The molecule has 0 fully saturated rings. The predicted molar refractivity (Wildman–Crippen MR) is 84.2 cm³/mol. The Morgan fingerprint density at radius 2 is 2.14 bits per heavy atom. The van der Waals surface area contributed by atoms with Gasteiger partial charge in [-0.3, -0.25) is 9.78 Å². The SMILES string of the molecule is CCC(C)C(C)(O)CNC(=O)c1cccc2ncccc12. The topological polar surface area (TPSA) is 62.2 Å². The molecule has 1 heterocycles. The molecule has 0 aliphatic heterocycles. The summed E-state index contributed by atoms with van der Waals surface area (Å²) >= 11 is 0. The van der Waals surface area contributed by atoms with Crippen LogP contribution in [0.15, 0.2) is 36.5 Å². The van der Waals surface area contributed by atoms with Crippen LogP contribution < -0.4 is 5.32 Å². The Bertz CT molecular complexity index is 632. The first-order valence-corrected chi connectivity index (χ1v) is 7.30. The van der Waals surface area contributed by atoms with Crippen molar-refractivity contribution < 1.29 is 9.90 Å². The Morgan fingerprint density at radius 1 is 1.38 bits per heavy atom. The predicted octanol–water partition coefficient (Wildman–Crippen LogP) is 2.76. The van der Waals surface area contributed by atoms with E-state index in [1.54, 1.807) is 19.2 Å². The minimum absolute atomic E-state index is 0.118. The highest BCUT2D eigenvalue weighted by molar-refractivity contribution is 6.06. The van der Waals surface area contributed by atoms with E-state index in [-0.39, 0.29) is 18.4 Å². The van der Waals surface area contributed by atoms with E-state index < -0.39 is 5.60 Å². The maximum Gasteiger partial charge on any atom is 0.252 e. The Kier molecular flexibility index (Phi) is 4.58.